The minimum atomic E-state index is -0.657. The van der Waals surface area contributed by atoms with Gasteiger partial charge < -0.3 is 18.8 Å². The SMILES string of the molecule is CCN(CC)CCN(C(=O)c1cc2ccccc2oc1=O)c1nc2cc3c(cc2s1)OCCO3.Cl. The summed E-state index contributed by atoms with van der Waals surface area (Å²) in [5.41, 5.74) is 0.498. The van der Waals surface area contributed by atoms with Gasteiger partial charge in [0.2, 0.25) is 0 Å². The van der Waals surface area contributed by atoms with Crippen LogP contribution in [-0.4, -0.2) is 55.2 Å². The summed E-state index contributed by atoms with van der Waals surface area (Å²) in [7, 11) is 0. The fourth-order valence-corrected chi connectivity index (χ4v) is 4.99. The van der Waals surface area contributed by atoms with Gasteiger partial charge >= 0.3 is 5.63 Å². The Morgan fingerprint density at radius 1 is 1.03 bits per heavy atom. The predicted molar refractivity (Wildman–Crippen MR) is 140 cm³/mol. The lowest BCUT2D eigenvalue weighted by Crippen LogP contribution is -2.40. The molecule has 0 fully saturated rings. The minimum Gasteiger partial charge on any atom is -0.486 e. The Kier molecular flexibility index (Phi) is 7.59. The van der Waals surface area contributed by atoms with Gasteiger partial charge in [0.1, 0.15) is 24.4 Å². The number of nitrogens with zero attached hydrogens (tertiary/aromatic N) is 3. The van der Waals surface area contributed by atoms with E-state index in [4.69, 9.17) is 18.9 Å². The normalized spacial score (nSPS) is 12.7. The van der Waals surface area contributed by atoms with E-state index in [1.54, 1.807) is 23.1 Å². The molecule has 184 valence electrons. The number of carbonyl (C=O) groups excluding carboxylic acids is 1. The number of anilines is 1. The second kappa shape index (κ2) is 10.6. The summed E-state index contributed by atoms with van der Waals surface area (Å²) in [6.07, 6.45) is 0. The smallest absolute Gasteiger partial charge is 0.349 e. The number of hydrogen-bond donors (Lipinski definition) is 0. The molecule has 1 aliphatic heterocycles. The Balaban J connectivity index is 0.00000289. The van der Waals surface area contributed by atoms with Gasteiger partial charge in [0.15, 0.2) is 16.6 Å². The molecule has 0 saturated heterocycles. The van der Waals surface area contributed by atoms with Crippen molar-refractivity contribution in [3.63, 3.8) is 0 Å². The number of fused-ring (bicyclic) bond motifs is 3. The number of ether oxygens (including phenoxy) is 2. The molecular formula is C25H26ClN3O5S. The van der Waals surface area contributed by atoms with Gasteiger partial charge in [-0.15, -0.1) is 12.4 Å². The van der Waals surface area contributed by atoms with Crippen molar-refractivity contribution in [2.45, 2.75) is 13.8 Å². The van der Waals surface area contributed by atoms with E-state index in [2.05, 4.69) is 18.7 Å². The van der Waals surface area contributed by atoms with Crippen LogP contribution >= 0.6 is 23.7 Å². The van der Waals surface area contributed by atoms with Crippen molar-refractivity contribution < 1.29 is 18.7 Å². The van der Waals surface area contributed by atoms with Crippen LogP contribution in [0.1, 0.15) is 24.2 Å². The largest absolute Gasteiger partial charge is 0.486 e. The van der Waals surface area contributed by atoms with Crippen molar-refractivity contribution in [1.29, 1.82) is 0 Å². The molecule has 0 bridgehead atoms. The first-order valence-corrected chi connectivity index (χ1v) is 12.2. The number of thiazole rings is 1. The molecule has 5 rings (SSSR count). The third-order valence-corrected chi connectivity index (χ3v) is 6.96. The number of para-hydroxylation sites is 1. The van der Waals surface area contributed by atoms with Gasteiger partial charge in [-0.05, 0) is 25.2 Å². The van der Waals surface area contributed by atoms with Crippen molar-refractivity contribution in [1.82, 2.24) is 9.88 Å². The van der Waals surface area contributed by atoms with Crippen LogP contribution < -0.4 is 20.0 Å². The molecule has 1 aliphatic rings. The van der Waals surface area contributed by atoms with E-state index < -0.39 is 11.5 Å². The molecular weight excluding hydrogens is 490 g/mol. The Morgan fingerprint density at radius 2 is 1.74 bits per heavy atom. The van der Waals surface area contributed by atoms with E-state index in [-0.39, 0.29) is 18.0 Å². The van der Waals surface area contributed by atoms with Crippen LogP contribution in [-0.2, 0) is 0 Å². The standard InChI is InChI=1S/C25H25N3O5S.ClH/c1-3-27(4-2)9-10-28(23(29)17-13-16-7-5-6-8-19(16)33-24(17)30)25-26-18-14-20-21(15-22(18)34-25)32-12-11-31-20;/h5-8,13-15H,3-4,9-12H2,1-2H3;1H. The number of rotatable bonds is 7. The molecule has 2 aromatic carbocycles. The molecule has 4 aromatic rings. The van der Waals surface area contributed by atoms with E-state index in [1.165, 1.54) is 11.3 Å². The van der Waals surface area contributed by atoms with E-state index >= 15 is 0 Å². The summed E-state index contributed by atoms with van der Waals surface area (Å²) >= 11 is 1.38. The molecule has 1 amide bonds. The number of hydrogen-bond acceptors (Lipinski definition) is 8. The summed E-state index contributed by atoms with van der Waals surface area (Å²) in [5.74, 6) is 0.889. The fraction of sp³-hybridized carbons (Fsp3) is 0.320. The zero-order valence-electron chi connectivity index (χ0n) is 19.5. The number of halogens is 1. The van der Waals surface area contributed by atoms with E-state index in [9.17, 15) is 9.59 Å². The molecule has 0 unspecified atom stereocenters. The summed E-state index contributed by atoms with van der Waals surface area (Å²) in [4.78, 5) is 34.9. The summed E-state index contributed by atoms with van der Waals surface area (Å²) in [6.45, 7) is 7.90. The van der Waals surface area contributed by atoms with Gasteiger partial charge in [0.25, 0.3) is 5.91 Å². The molecule has 0 aliphatic carbocycles. The average Bonchev–Trinajstić information content (AvgIpc) is 3.26. The highest BCUT2D eigenvalue weighted by molar-refractivity contribution is 7.22. The van der Waals surface area contributed by atoms with E-state index in [0.29, 0.717) is 53.9 Å². The summed E-state index contributed by atoms with van der Waals surface area (Å²) in [6, 6.07) is 12.5. The third-order valence-electron chi connectivity index (χ3n) is 5.92. The number of amides is 1. The lowest BCUT2D eigenvalue weighted by atomic mass is 10.1. The van der Waals surface area contributed by atoms with Crippen molar-refractivity contribution in [3.8, 4) is 11.5 Å². The topological polar surface area (TPSA) is 85.1 Å². The van der Waals surface area contributed by atoms with Crippen LogP contribution in [0.3, 0.4) is 0 Å². The van der Waals surface area contributed by atoms with Gasteiger partial charge in [-0.1, -0.05) is 43.4 Å². The minimum absolute atomic E-state index is 0. The van der Waals surface area contributed by atoms with Crippen LogP contribution in [0, 0.1) is 0 Å². The fourth-order valence-electron chi connectivity index (χ4n) is 3.99. The van der Waals surface area contributed by atoms with Crippen LogP contribution in [0.2, 0.25) is 0 Å². The number of aromatic nitrogens is 1. The maximum atomic E-state index is 13.7. The number of likely N-dealkylation sites (N-methyl/N-ethyl adjacent to an activating group) is 1. The molecule has 2 aromatic heterocycles. The van der Waals surface area contributed by atoms with Gasteiger partial charge in [-0.2, -0.15) is 0 Å². The zero-order valence-corrected chi connectivity index (χ0v) is 21.1. The maximum absolute atomic E-state index is 13.7. The molecule has 3 heterocycles. The zero-order chi connectivity index (χ0) is 23.7. The highest BCUT2D eigenvalue weighted by Gasteiger charge is 2.26. The lowest BCUT2D eigenvalue weighted by Gasteiger charge is -2.24. The molecule has 0 N–H and O–H groups in total. The summed E-state index contributed by atoms with van der Waals surface area (Å²) in [5, 5.41) is 1.21. The molecule has 0 atom stereocenters. The van der Waals surface area contributed by atoms with Crippen LogP contribution in [0.5, 0.6) is 11.5 Å². The average molecular weight is 516 g/mol. The first-order valence-electron chi connectivity index (χ1n) is 11.3. The molecule has 0 spiro atoms. The lowest BCUT2D eigenvalue weighted by molar-refractivity contribution is 0.0980. The highest BCUT2D eigenvalue weighted by atomic mass is 35.5. The highest BCUT2D eigenvalue weighted by Crippen LogP contribution is 2.39. The predicted octanol–water partition coefficient (Wildman–Crippen LogP) is 4.58. The third kappa shape index (κ3) is 4.98. The van der Waals surface area contributed by atoms with Crippen LogP contribution in [0.4, 0.5) is 5.13 Å². The van der Waals surface area contributed by atoms with Gasteiger partial charge in [0, 0.05) is 30.6 Å². The molecule has 35 heavy (non-hydrogen) atoms. The maximum Gasteiger partial charge on any atom is 0.349 e. The Hall–Kier alpha value is -3.14. The molecule has 0 saturated carbocycles. The first kappa shape index (κ1) is 25.0. The van der Waals surface area contributed by atoms with Gasteiger partial charge in [-0.3, -0.25) is 9.69 Å². The van der Waals surface area contributed by atoms with Crippen molar-refractivity contribution in [3.05, 3.63) is 58.4 Å². The van der Waals surface area contributed by atoms with E-state index in [1.807, 2.05) is 24.3 Å². The molecule has 8 nitrogen and oxygen atoms in total. The van der Waals surface area contributed by atoms with Gasteiger partial charge in [0.05, 0.1) is 10.2 Å². The van der Waals surface area contributed by atoms with Crippen LogP contribution in [0.15, 0.2) is 51.7 Å². The van der Waals surface area contributed by atoms with Crippen LogP contribution in [0.25, 0.3) is 21.2 Å². The second-order valence-electron chi connectivity index (χ2n) is 7.93. The Morgan fingerprint density at radius 3 is 2.49 bits per heavy atom. The monoisotopic (exact) mass is 515 g/mol. The van der Waals surface area contributed by atoms with Crippen molar-refractivity contribution >= 4 is 56.0 Å². The van der Waals surface area contributed by atoms with Crippen molar-refractivity contribution in [2.75, 3.05) is 44.3 Å². The number of benzene rings is 2. The first-order chi connectivity index (χ1) is 16.6. The molecule has 10 heteroatoms. The number of carbonyl (C=O) groups is 1. The summed E-state index contributed by atoms with van der Waals surface area (Å²) < 4.78 is 17.7. The molecule has 0 radical (unpaired) electrons. The Labute approximate surface area is 212 Å². The second-order valence-corrected chi connectivity index (χ2v) is 8.94. The quantitative estimate of drug-likeness (QED) is 0.333. The van der Waals surface area contributed by atoms with Gasteiger partial charge in [-0.25, -0.2) is 9.78 Å². The Bertz CT molecular complexity index is 1370. The van der Waals surface area contributed by atoms with Crippen molar-refractivity contribution in [2.24, 2.45) is 0 Å². The van der Waals surface area contributed by atoms with E-state index in [0.717, 1.165) is 23.3 Å².